The smallest absolute Gasteiger partial charge is 0.244 e. The average Bonchev–Trinajstić information content (AvgIpc) is 2.69. The molecular formula is C23H30BrN3O4S. The minimum atomic E-state index is -3.74. The summed E-state index contributed by atoms with van der Waals surface area (Å²) in [6.45, 7) is 7.04. The van der Waals surface area contributed by atoms with Gasteiger partial charge in [-0.05, 0) is 57.0 Å². The number of carbonyl (C=O) groups excluding carboxylic acids is 2. The van der Waals surface area contributed by atoms with Crippen molar-refractivity contribution in [1.29, 1.82) is 0 Å². The zero-order valence-corrected chi connectivity index (χ0v) is 21.4. The minimum Gasteiger partial charge on any atom is -0.352 e. The lowest BCUT2D eigenvalue weighted by molar-refractivity contribution is -0.139. The van der Waals surface area contributed by atoms with Crippen LogP contribution in [0, 0.1) is 6.92 Å². The average molecular weight is 524 g/mol. The zero-order valence-electron chi connectivity index (χ0n) is 19.0. The molecule has 0 aliphatic rings. The summed E-state index contributed by atoms with van der Waals surface area (Å²) >= 11 is 3.34. The Labute approximate surface area is 199 Å². The van der Waals surface area contributed by atoms with Gasteiger partial charge in [-0.1, -0.05) is 46.3 Å². The second-order valence-electron chi connectivity index (χ2n) is 8.04. The van der Waals surface area contributed by atoms with Gasteiger partial charge in [0.1, 0.15) is 12.6 Å². The summed E-state index contributed by atoms with van der Waals surface area (Å²) in [7, 11) is -3.74. The van der Waals surface area contributed by atoms with E-state index in [1.807, 2.05) is 45.0 Å². The topological polar surface area (TPSA) is 86.8 Å². The predicted octanol–water partition coefficient (Wildman–Crippen LogP) is 3.47. The number of anilines is 1. The molecule has 0 bridgehead atoms. The van der Waals surface area contributed by atoms with Gasteiger partial charge < -0.3 is 10.2 Å². The maximum atomic E-state index is 13.4. The first-order chi connectivity index (χ1) is 14.9. The van der Waals surface area contributed by atoms with E-state index >= 15 is 0 Å². The molecule has 0 heterocycles. The van der Waals surface area contributed by atoms with Crippen LogP contribution in [0.2, 0.25) is 0 Å². The van der Waals surface area contributed by atoms with E-state index in [9.17, 15) is 18.0 Å². The molecule has 0 radical (unpaired) electrons. The molecule has 1 unspecified atom stereocenters. The standard InChI is InChI=1S/C23H30BrN3O4S/c1-16(2)25-23(29)18(4)26(14-19-10-7-6-9-17(19)3)22(28)15-27(32(5,30)31)21-12-8-11-20(24)13-21/h6-13,16,18H,14-15H2,1-5H3,(H,25,29). The number of hydrogen-bond donors (Lipinski definition) is 1. The molecule has 0 saturated heterocycles. The van der Waals surface area contributed by atoms with Crippen molar-refractivity contribution in [3.8, 4) is 0 Å². The quantitative estimate of drug-likeness (QED) is 0.545. The molecule has 0 spiro atoms. The number of nitrogens with zero attached hydrogens (tertiary/aromatic N) is 2. The van der Waals surface area contributed by atoms with Crippen LogP contribution in [-0.4, -0.2) is 50.0 Å². The molecule has 2 amide bonds. The molecule has 0 aliphatic heterocycles. The molecule has 0 aromatic heterocycles. The van der Waals surface area contributed by atoms with Gasteiger partial charge in [-0.15, -0.1) is 0 Å². The summed E-state index contributed by atoms with van der Waals surface area (Å²) in [5.41, 5.74) is 2.23. The van der Waals surface area contributed by atoms with Crippen LogP contribution in [-0.2, 0) is 26.2 Å². The lowest BCUT2D eigenvalue weighted by Gasteiger charge is -2.32. The maximum Gasteiger partial charge on any atom is 0.244 e. The first-order valence-electron chi connectivity index (χ1n) is 10.3. The zero-order chi connectivity index (χ0) is 24.1. The van der Waals surface area contributed by atoms with Crippen molar-refractivity contribution < 1.29 is 18.0 Å². The van der Waals surface area contributed by atoms with Crippen LogP contribution < -0.4 is 9.62 Å². The van der Waals surface area contributed by atoms with E-state index in [4.69, 9.17) is 0 Å². The van der Waals surface area contributed by atoms with Gasteiger partial charge in [0, 0.05) is 17.1 Å². The number of halogens is 1. The highest BCUT2D eigenvalue weighted by atomic mass is 79.9. The van der Waals surface area contributed by atoms with Crippen LogP contribution in [0.5, 0.6) is 0 Å². The van der Waals surface area contributed by atoms with Gasteiger partial charge in [0.25, 0.3) is 0 Å². The molecule has 2 aromatic carbocycles. The molecule has 1 N–H and O–H groups in total. The number of aryl methyl sites for hydroxylation is 1. The van der Waals surface area contributed by atoms with Crippen LogP contribution in [0.15, 0.2) is 53.0 Å². The van der Waals surface area contributed by atoms with Gasteiger partial charge >= 0.3 is 0 Å². The molecule has 0 saturated carbocycles. The van der Waals surface area contributed by atoms with Crippen LogP contribution in [0.1, 0.15) is 31.9 Å². The summed E-state index contributed by atoms with van der Waals surface area (Å²) in [5, 5.41) is 2.83. The number of carbonyl (C=O) groups is 2. The van der Waals surface area contributed by atoms with Crippen LogP contribution in [0.25, 0.3) is 0 Å². The molecule has 0 aliphatic carbocycles. The van der Waals surface area contributed by atoms with Gasteiger partial charge in [0.05, 0.1) is 11.9 Å². The van der Waals surface area contributed by atoms with E-state index in [2.05, 4.69) is 21.2 Å². The molecule has 2 aromatic rings. The highest BCUT2D eigenvalue weighted by molar-refractivity contribution is 9.10. The fourth-order valence-corrected chi connectivity index (χ4v) is 4.43. The Balaban J connectivity index is 2.40. The first-order valence-corrected chi connectivity index (χ1v) is 12.9. The van der Waals surface area contributed by atoms with Crippen molar-refractivity contribution in [2.24, 2.45) is 0 Å². The van der Waals surface area contributed by atoms with Gasteiger partial charge in [-0.25, -0.2) is 8.42 Å². The third-order valence-electron chi connectivity index (χ3n) is 4.98. The van der Waals surface area contributed by atoms with E-state index in [1.165, 1.54) is 4.90 Å². The van der Waals surface area contributed by atoms with Crippen molar-refractivity contribution in [2.45, 2.75) is 46.3 Å². The maximum absolute atomic E-state index is 13.4. The highest BCUT2D eigenvalue weighted by Gasteiger charge is 2.30. The summed E-state index contributed by atoms with van der Waals surface area (Å²) in [6.07, 6.45) is 1.06. The summed E-state index contributed by atoms with van der Waals surface area (Å²) in [6, 6.07) is 13.5. The summed E-state index contributed by atoms with van der Waals surface area (Å²) < 4.78 is 26.8. The van der Waals surface area contributed by atoms with Crippen molar-refractivity contribution in [3.63, 3.8) is 0 Å². The number of rotatable bonds is 9. The molecular weight excluding hydrogens is 494 g/mol. The van der Waals surface area contributed by atoms with E-state index < -0.39 is 28.5 Å². The van der Waals surface area contributed by atoms with E-state index in [0.29, 0.717) is 10.2 Å². The Morgan fingerprint density at radius 1 is 1.06 bits per heavy atom. The predicted molar refractivity (Wildman–Crippen MR) is 131 cm³/mol. The van der Waals surface area contributed by atoms with E-state index in [-0.39, 0.29) is 18.5 Å². The lowest BCUT2D eigenvalue weighted by atomic mass is 10.1. The number of hydrogen-bond acceptors (Lipinski definition) is 4. The van der Waals surface area contributed by atoms with Gasteiger partial charge in [-0.3, -0.25) is 13.9 Å². The SMILES string of the molecule is Cc1ccccc1CN(C(=O)CN(c1cccc(Br)c1)S(C)(=O)=O)C(C)C(=O)NC(C)C. The van der Waals surface area contributed by atoms with Gasteiger partial charge in [0.15, 0.2) is 0 Å². The number of nitrogens with one attached hydrogen (secondary N) is 1. The second-order valence-corrected chi connectivity index (χ2v) is 10.9. The summed E-state index contributed by atoms with van der Waals surface area (Å²) in [4.78, 5) is 27.6. The van der Waals surface area contributed by atoms with Crippen molar-refractivity contribution in [2.75, 3.05) is 17.1 Å². The minimum absolute atomic E-state index is 0.0884. The Hall–Kier alpha value is -2.39. The fraction of sp³-hybridized carbons (Fsp3) is 0.391. The number of amides is 2. The Kier molecular flexibility index (Phi) is 8.86. The largest absolute Gasteiger partial charge is 0.352 e. The van der Waals surface area contributed by atoms with Crippen molar-refractivity contribution in [1.82, 2.24) is 10.2 Å². The summed E-state index contributed by atoms with van der Waals surface area (Å²) in [5.74, 6) is -0.764. The van der Waals surface area contributed by atoms with E-state index in [0.717, 1.165) is 21.7 Å². The normalized spacial score (nSPS) is 12.3. The fourth-order valence-electron chi connectivity index (χ4n) is 3.20. The van der Waals surface area contributed by atoms with Gasteiger partial charge in [0.2, 0.25) is 21.8 Å². The number of sulfonamides is 1. The lowest BCUT2D eigenvalue weighted by Crippen LogP contribution is -2.52. The molecule has 7 nitrogen and oxygen atoms in total. The molecule has 0 fully saturated rings. The Morgan fingerprint density at radius 3 is 2.28 bits per heavy atom. The first kappa shape index (κ1) is 25.9. The third-order valence-corrected chi connectivity index (χ3v) is 6.61. The Morgan fingerprint density at radius 2 is 1.72 bits per heavy atom. The van der Waals surface area contributed by atoms with Crippen LogP contribution in [0.4, 0.5) is 5.69 Å². The van der Waals surface area contributed by atoms with Crippen molar-refractivity contribution in [3.05, 3.63) is 64.1 Å². The second kappa shape index (κ2) is 11.0. The van der Waals surface area contributed by atoms with Crippen molar-refractivity contribution >= 4 is 43.5 Å². The molecule has 9 heteroatoms. The van der Waals surface area contributed by atoms with E-state index in [1.54, 1.807) is 31.2 Å². The molecule has 1 atom stereocenters. The van der Waals surface area contributed by atoms with Gasteiger partial charge in [-0.2, -0.15) is 0 Å². The highest BCUT2D eigenvalue weighted by Crippen LogP contribution is 2.23. The van der Waals surface area contributed by atoms with Crippen LogP contribution in [0.3, 0.4) is 0 Å². The monoisotopic (exact) mass is 523 g/mol. The Bertz CT molecular complexity index is 1070. The molecule has 174 valence electrons. The van der Waals surface area contributed by atoms with Crippen LogP contribution >= 0.6 is 15.9 Å². The molecule has 32 heavy (non-hydrogen) atoms. The molecule has 2 rings (SSSR count). The number of benzene rings is 2. The third kappa shape index (κ3) is 7.06.